The van der Waals surface area contributed by atoms with Crippen LogP contribution >= 0.6 is 0 Å². The van der Waals surface area contributed by atoms with E-state index >= 15 is 0 Å². The summed E-state index contributed by atoms with van der Waals surface area (Å²) in [7, 11) is 1.89. The van der Waals surface area contributed by atoms with Gasteiger partial charge in [0.1, 0.15) is 11.5 Å². The molecule has 6 nitrogen and oxygen atoms in total. The van der Waals surface area contributed by atoms with Crippen molar-refractivity contribution in [1.29, 1.82) is 0 Å². The van der Waals surface area contributed by atoms with Crippen LogP contribution in [0.25, 0.3) is 6.08 Å². The summed E-state index contributed by atoms with van der Waals surface area (Å²) in [5.41, 5.74) is 1.33. The summed E-state index contributed by atoms with van der Waals surface area (Å²) in [6, 6.07) is 8.64. The Morgan fingerprint density at radius 2 is 2.12 bits per heavy atom. The molecule has 0 N–H and O–H groups in total. The van der Waals surface area contributed by atoms with Crippen LogP contribution in [0.5, 0.6) is 11.5 Å². The van der Waals surface area contributed by atoms with E-state index in [0.29, 0.717) is 17.1 Å². The van der Waals surface area contributed by atoms with Crippen molar-refractivity contribution in [2.75, 3.05) is 6.61 Å². The van der Waals surface area contributed by atoms with Crippen LogP contribution in [0.1, 0.15) is 29.9 Å². The number of aromatic nitrogens is 1. The maximum absolute atomic E-state index is 12.4. The van der Waals surface area contributed by atoms with Crippen molar-refractivity contribution in [1.82, 2.24) is 4.57 Å². The van der Waals surface area contributed by atoms with E-state index in [1.807, 2.05) is 29.9 Å². The van der Waals surface area contributed by atoms with Gasteiger partial charge in [-0.3, -0.25) is 4.79 Å². The molecular formula is C19H19NO5. The maximum Gasteiger partial charge on any atom is 0.344 e. The first-order valence-corrected chi connectivity index (χ1v) is 7.96. The van der Waals surface area contributed by atoms with E-state index in [0.717, 1.165) is 5.69 Å². The summed E-state index contributed by atoms with van der Waals surface area (Å²) >= 11 is 0. The van der Waals surface area contributed by atoms with Crippen LogP contribution in [0.15, 0.2) is 42.3 Å². The minimum Gasteiger partial charge on any atom is -0.482 e. The third-order valence-electron chi connectivity index (χ3n) is 3.63. The van der Waals surface area contributed by atoms with Crippen LogP contribution in [0.3, 0.4) is 0 Å². The molecule has 2 heterocycles. The molecule has 1 aromatic carbocycles. The van der Waals surface area contributed by atoms with Crippen LogP contribution < -0.4 is 9.47 Å². The van der Waals surface area contributed by atoms with Gasteiger partial charge in [0, 0.05) is 31.1 Å². The zero-order valence-electron chi connectivity index (χ0n) is 14.3. The molecule has 3 rings (SSSR count). The van der Waals surface area contributed by atoms with E-state index in [1.165, 1.54) is 0 Å². The lowest BCUT2D eigenvalue weighted by molar-refractivity contribution is -0.149. The second kappa shape index (κ2) is 6.84. The first-order valence-electron chi connectivity index (χ1n) is 7.96. The lowest BCUT2D eigenvalue weighted by atomic mass is 10.1. The summed E-state index contributed by atoms with van der Waals surface area (Å²) in [6.45, 7) is 3.34. The van der Waals surface area contributed by atoms with Gasteiger partial charge < -0.3 is 18.8 Å². The van der Waals surface area contributed by atoms with Gasteiger partial charge in [-0.25, -0.2) is 4.79 Å². The summed E-state index contributed by atoms with van der Waals surface area (Å²) in [6.07, 6.45) is 3.39. The highest BCUT2D eigenvalue weighted by atomic mass is 16.6. The molecule has 1 aliphatic rings. The van der Waals surface area contributed by atoms with Gasteiger partial charge in [-0.05, 0) is 38.1 Å². The Morgan fingerprint density at radius 1 is 1.32 bits per heavy atom. The number of ketones is 1. The van der Waals surface area contributed by atoms with Gasteiger partial charge in [-0.2, -0.15) is 0 Å². The van der Waals surface area contributed by atoms with E-state index < -0.39 is 5.97 Å². The molecule has 0 radical (unpaired) electrons. The number of fused-ring (bicyclic) bond motifs is 1. The van der Waals surface area contributed by atoms with Gasteiger partial charge in [-0.15, -0.1) is 0 Å². The average Bonchev–Trinajstić information content (AvgIpc) is 3.09. The first-order chi connectivity index (χ1) is 11.9. The monoisotopic (exact) mass is 341 g/mol. The third kappa shape index (κ3) is 3.74. The van der Waals surface area contributed by atoms with Crippen LogP contribution in [-0.2, 0) is 16.6 Å². The zero-order chi connectivity index (χ0) is 18.0. The van der Waals surface area contributed by atoms with Gasteiger partial charge in [-0.1, -0.05) is 0 Å². The normalized spacial score (nSPS) is 14.6. The van der Waals surface area contributed by atoms with Crippen molar-refractivity contribution >= 4 is 17.8 Å². The van der Waals surface area contributed by atoms with Crippen molar-refractivity contribution in [3.05, 3.63) is 53.5 Å². The second-order valence-electron chi connectivity index (χ2n) is 5.97. The number of hydrogen-bond acceptors (Lipinski definition) is 5. The number of rotatable bonds is 5. The van der Waals surface area contributed by atoms with E-state index in [1.54, 1.807) is 38.1 Å². The predicted molar refractivity (Wildman–Crippen MR) is 91.5 cm³/mol. The molecule has 0 atom stereocenters. The highest BCUT2D eigenvalue weighted by Gasteiger charge is 2.28. The summed E-state index contributed by atoms with van der Waals surface area (Å²) in [5, 5.41) is 0. The Balaban J connectivity index is 1.72. The second-order valence-corrected chi connectivity index (χ2v) is 5.97. The van der Waals surface area contributed by atoms with Crippen LogP contribution in [-0.4, -0.2) is 29.0 Å². The van der Waals surface area contributed by atoms with Crippen molar-refractivity contribution in [3.63, 3.8) is 0 Å². The summed E-state index contributed by atoms with van der Waals surface area (Å²) < 4.78 is 18.0. The Morgan fingerprint density at radius 3 is 2.80 bits per heavy atom. The number of allylic oxidation sites excluding steroid dienone is 1. The SMILES string of the molecule is CC(C)OC(=O)COc1ccc2c(c1)OC(=Cc1cccn1C)C2=O. The van der Waals surface area contributed by atoms with E-state index in [2.05, 4.69) is 0 Å². The molecule has 0 amide bonds. The number of aryl methyl sites for hydroxylation is 1. The Labute approximate surface area is 145 Å². The fourth-order valence-corrected chi connectivity index (χ4v) is 2.45. The summed E-state index contributed by atoms with van der Waals surface area (Å²) in [4.78, 5) is 23.9. The number of nitrogens with zero attached hydrogens (tertiary/aromatic N) is 1. The minimum absolute atomic E-state index is 0.179. The molecular weight excluding hydrogens is 322 g/mol. The molecule has 0 unspecified atom stereocenters. The van der Waals surface area contributed by atoms with E-state index in [-0.39, 0.29) is 24.3 Å². The van der Waals surface area contributed by atoms with Crippen molar-refractivity contribution in [3.8, 4) is 11.5 Å². The van der Waals surface area contributed by atoms with Gasteiger partial charge in [0.2, 0.25) is 5.78 Å². The maximum atomic E-state index is 12.4. The van der Waals surface area contributed by atoms with Crippen LogP contribution in [0.2, 0.25) is 0 Å². The minimum atomic E-state index is -0.447. The number of carbonyl (C=O) groups is 2. The first kappa shape index (κ1) is 16.8. The molecule has 0 bridgehead atoms. The molecule has 0 saturated heterocycles. The molecule has 0 fully saturated rings. The molecule has 2 aromatic rings. The lowest BCUT2D eigenvalue weighted by Crippen LogP contribution is -2.18. The van der Waals surface area contributed by atoms with Gasteiger partial charge in [0.05, 0.1) is 11.7 Å². The largest absolute Gasteiger partial charge is 0.482 e. The molecule has 25 heavy (non-hydrogen) atoms. The molecule has 6 heteroatoms. The third-order valence-corrected chi connectivity index (χ3v) is 3.63. The number of esters is 1. The topological polar surface area (TPSA) is 66.8 Å². The molecule has 1 aliphatic heterocycles. The van der Waals surface area contributed by atoms with E-state index in [9.17, 15) is 9.59 Å². The van der Waals surface area contributed by atoms with E-state index in [4.69, 9.17) is 14.2 Å². The smallest absolute Gasteiger partial charge is 0.344 e. The van der Waals surface area contributed by atoms with Crippen LogP contribution in [0.4, 0.5) is 0 Å². The lowest BCUT2D eigenvalue weighted by Gasteiger charge is -2.09. The highest BCUT2D eigenvalue weighted by Crippen LogP contribution is 2.34. The number of hydrogen-bond donors (Lipinski definition) is 0. The average molecular weight is 341 g/mol. The molecule has 0 aliphatic carbocycles. The quantitative estimate of drug-likeness (QED) is 0.618. The summed E-state index contributed by atoms with van der Waals surface area (Å²) in [5.74, 6) is 0.486. The standard InChI is InChI=1S/C19H19NO5/c1-12(2)24-18(21)11-23-14-6-7-15-16(10-14)25-17(19(15)22)9-13-5-4-8-20(13)3/h4-10,12H,11H2,1-3H3. The fraction of sp³-hybridized carbons (Fsp3) is 0.263. The number of carbonyl (C=O) groups excluding carboxylic acids is 2. The van der Waals surface area contributed by atoms with Crippen molar-refractivity contribution in [2.24, 2.45) is 7.05 Å². The Hall–Kier alpha value is -3.02. The zero-order valence-corrected chi connectivity index (χ0v) is 14.3. The van der Waals surface area contributed by atoms with Gasteiger partial charge in [0.15, 0.2) is 12.4 Å². The fourth-order valence-electron chi connectivity index (χ4n) is 2.45. The number of Topliss-reactive ketones (excluding diaryl/α,β-unsaturated/α-hetero) is 1. The Kier molecular flexibility index (Phi) is 4.61. The van der Waals surface area contributed by atoms with Crippen molar-refractivity contribution < 1.29 is 23.8 Å². The molecule has 0 saturated carbocycles. The molecule has 0 spiro atoms. The number of benzene rings is 1. The molecule has 130 valence electrons. The van der Waals surface area contributed by atoms with Gasteiger partial charge in [0.25, 0.3) is 0 Å². The molecule has 1 aromatic heterocycles. The van der Waals surface area contributed by atoms with Crippen LogP contribution in [0, 0.1) is 0 Å². The van der Waals surface area contributed by atoms with Crippen molar-refractivity contribution in [2.45, 2.75) is 20.0 Å². The highest BCUT2D eigenvalue weighted by molar-refractivity contribution is 6.14. The number of ether oxygens (including phenoxy) is 3. The predicted octanol–water partition coefficient (Wildman–Crippen LogP) is 2.97. The Bertz CT molecular complexity index is 847. The van der Waals surface area contributed by atoms with Gasteiger partial charge >= 0.3 is 5.97 Å².